The van der Waals surface area contributed by atoms with Crippen LogP contribution in [-0.2, 0) is 11.2 Å². The SMILES string of the molecule is CCc1ccc(C(C)NC(=O)CSc2nnc(-c3ccc(C)cc3)o2)cc1. The fraction of sp³-hybridized carbons (Fsp3) is 0.286. The second-order valence-electron chi connectivity index (χ2n) is 6.41. The van der Waals surface area contributed by atoms with Gasteiger partial charge in [-0.1, -0.05) is 60.6 Å². The summed E-state index contributed by atoms with van der Waals surface area (Å²) >= 11 is 1.24. The van der Waals surface area contributed by atoms with Crippen molar-refractivity contribution < 1.29 is 9.21 Å². The van der Waals surface area contributed by atoms with Crippen LogP contribution in [0.25, 0.3) is 11.5 Å². The third-order valence-corrected chi connectivity index (χ3v) is 5.12. The second-order valence-corrected chi connectivity index (χ2v) is 7.34. The Labute approximate surface area is 163 Å². The van der Waals surface area contributed by atoms with Gasteiger partial charge in [0.25, 0.3) is 5.22 Å². The smallest absolute Gasteiger partial charge is 0.277 e. The number of nitrogens with zero attached hydrogens (tertiary/aromatic N) is 2. The van der Waals surface area contributed by atoms with E-state index < -0.39 is 0 Å². The highest BCUT2D eigenvalue weighted by atomic mass is 32.2. The minimum Gasteiger partial charge on any atom is -0.411 e. The Morgan fingerprint density at radius 3 is 2.48 bits per heavy atom. The van der Waals surface area contributed by atoms with E-state index in [0.717, 1.165) is 17.5 Å². The summed E-state index contributed by atoms with van der Waals surface area (Å²) in [5, 5.41) is 11.4. The van der Waals surface area contributed by atoms with Crippen molar-refractivity contribution in [3.63, 3.8) is 0 Å². The highest BCUT2D eigenvalue weighted by Gasteiger charge is 2.13. The van der Waals surface area contributed by atoms with Crippen molar-refractivity contribution >= 4 is 17.7 Å². The van der Waals surface area contributed by atoms with Crippen molar-refractivity contribution in [2.45, 2.75) is 38.5 Å². The topological polar surface area (TPSA) is 68.0 Å². The summed E-state index contributed by atoms with van der Waals surface area (Å²) in [5.74, 6) is 0.622. The van der Waals surface area contributed by atoms with E-state index in [9.17, 15) is 4.79 Å². The van der Waals surface area contributed by atoms with E-state index in [0.29, 0.717) is 11.1 Å². The number of carbonyl (C=O) groups excluding carboxylic acids is 1. The Balaban J connectivity index is 1.52. The summed E-state index contributed by atoms with van der Waals surface area (Å²) < 4.78 is 5.64. The van der Waals surface area contributed by atoms with Gasteiger partial charge in [0, 0.05) is 5.56 Å². The zero-order valence-corrected chi connectivity index (χ0v) is 16.5. The van der Waals surface area contributed by atoms with E-state index >= 15 is 0 Å². The van der Waals surface area contributed by atoms with E-state index in [1.54, 1.807) is 0 Å². The van der Waals surface area contributed by atoms with Crippen LogP contribution in [-0.4, -0.2) is 21.9 Å². The molecule has 1 unspecified atom stereocenters. The molecule has 6 heteroatoms. The number of thioether (sulfide) groups is 1. The van der Waals surface area contributed by atoms with Crippen molar-refractivity contribution in [2.75, 3.05) is 5.75 Å². The van der Waals surface area contributed by atoms with Gasteiger partial charge >= 0.3 is 0 Å². The lowest BCUT2D eigenvalue weighted by molar-refractivity contribution is -0.119. The van der Waals surface area contributed by atoms with Crippen LogP contribution in [0.15, 0.2) is 58.2 Å². The zero-order valence-electron chi connectivity index (χ0n) is 15.7. The maximum absolute atomic E-state index is 12.2. The molecule has 0 aliphatic rings. The minimum atomic E-state index is -0.0675. The average molecular weight is 382 g/mol. The Kier molecular flexibility index (Phi) is 6.29. The Morgan fingerprint density at radius 2 is 1.81 bits per heavy atom. The van der Waals surface area contributed by atoms with Crippen LogP contribution in [0.5, 0.6) is 0 Å². The molecule has 1 heterocycles. The van der Waals surface area contributed by atoms with E-state index in [4.69, 9.17) is 4.42 Å². The van der Waals surface area contributed by atoms with Gasteiger partial charge < -0.3 is 9.73 Å². The van der Waals surface area contributed by atoms with Gasteiger partial charge in [0.1, 0.15) is 0 Å². The van der Waals surface area contributed by atoms with Crippen LogP contribution in [0.2, 0.25) is 0 Å². The molecule has 3 aromatic rings. The number of aromatic nitrogens is 2. The number of nitrogens with one attached hydrogen (secondary N) is 1. The van der Waals surface area contributed by atoms with E-state index in [-0.39, 0.29) is 17.7 Å². The number of hydrogen-bond acceptors (Lipinski definition) is 5. The van der Waals surface area contributed by atoms with Gasteiger partial charge in [-0.15, -0.1) is 10.2 Å². The molecule has 3 rings (SSSR count). The van der Waals surface area contributed by atoms with Crippen LogP contribution in [0.3, 0.4) is 0 Å². The maximum Gasteiger partial charge on any atom is 0.277 e. The lowest BCUT2D eigenvalue weighted by atomic mass is 10.1. The molecular weight excluding hydrogens is 358 g/mol. The first-order valence-electron chi connectivity index (χ1n) is 8.96. The molecule has 1 aromatic heterocycles. The summed E-state index contributed by atoms with van der Waals surface area (Å²) in [6, 6.07) is 16.1. The van der Waals surface area contributed by atoms with Gasteiger partial charge in [0.15, 0.2) is 0 Å². The first kappa shape index (κ1) is 19.2. The molecule has 0 spiro atoms. The van der Waals surface area contributed by atoms with E-state index in [1.165, 1.54) is 22.9 Å². The van der Waals surface area contributed by atoms with Crippen LogP contribution >= 0.6 is 11.8 Å². The van der Waals surface area contributed by atoms with Crippen LogP contribution in [0.4, 0.5) is 0 Å². The molecule has 0 fully saturated rings. The second kappa shape index (κ2) is 8.86. The molecule has 0 bridgehead atoms. The van der Waals surface area contributed by atoms with Gasteiger partial charge in [-0.25, -0.2) is 0 Å². The Hall–Kier alpha value is -2.60. The number of carbonyl (C=O) groups is 1. The molecule has 0 aliphatic carbocycles. The van der Waals surface area contributed by atoms with Crippen molar-refractivity contribution in [3.8, 4) is 11.5 Å². The summed E-state index contributed by atoms with van der Waals surface area (Å²) in [6.07, 6.45) is 1.01. The predicted octanol–water partition coefficient (Wildman–Crippen LogP) is 4.58. The van der Waals surface area contributed by atoms with Crippen molar-refractivity contribution in [2.24, 2.45) is 0 Å². The summed E-state index contributed by atoms with van der Waals surface area (Å²) in [4.78, 5) is 12.2. The standard InChI is InChI=1S/C21H23N3O2S/c1-4-16-7-11-17(12-8-16)15(3)22-19(25)13-27-21-24-23-20(26-21)18-9-5-14(2)6-10-18/h5-12,15H,4,13H2,1-3H3,(H,22,25). The molecule has 0 aliphatic heterocycles. The van der Waals surface area contributed by atoms with Crippen LogP contribution < -0.4 is 5.32 Å². The maximum atomic E-state index is 12.2. The molecule has 140 valence electrons. The lowest BCUT2D eigenvalue weighted by Gasteiger charge is -2.14. The molecule has 0 saturated carbocycles. The van der Waals surface area contributed by atoms with Crippen LogP contribution in [0.1, 0.15) is 36.6 Å². The van der Waals surface area contributed by atoms with Crippen molar-refractivity contribution in [3.05, 3.63) is 65.2 Å². The molecule has 0 radical (unpaired) electrons. The van der Waals surface area contributed by atoms with Crippen molar-refractivity contribution in [1.82, 2.24) is 15.5 Å². The van der Waals surface area contributed by atoms with Gasteiger partial charge in [-0.05, 0) is 43.5 Å². The third-order valence-electron chi connectivity index (χ3n) is 4.30. The van der Waals surface area contributed by atoms with Gasteiger partial charge in [-0.3, -0.25) is 4.79 Å². The number of rotatable bonds is 7. The van der Waals surface area contributed by atoms with Gasteiger partial charge in [0.2, 0.25) is 11.8 Å². The molecule has 1 amide bonds. The molecule has 2 aromatic carbocycles. The highest BCUT2D eigenvalue weighted by molar-refractivity contribution is 7.99. The first-order valence-corrected chi connectivity index (χ1v) is 9.95. The lowest BCUT2D eigenvalue weighted by Crippen LogP contribution is -2.28. The minimum absolute atomic E-state index is 0.0465. The molecule has 1 N–H and O–H groups in total. The zero-order chi connectivity index (χ0) is 19.2. The van der Waals surface area contributed by atoms with Crippen LogP contribution in [0, 0.1) is 6.92 Å². The summed E-state index contributed by atoms with van der Waals surface area (Å²) in [5.41, 5.74) is 4.41. The number of amides is 1. The van der Waals surface area contributed by atoms with Gasteiger partial charge in [0.05, 0.1) is 11.8 Å². The molecule has 27 heavy (non-hydrogen) atoms. The highest BCUT2D eigenvalue weighted by Crippen LogP contribution is 2.23. The van der Waals surface area contributed by atoms with Gasteiger partial charge in [-0.2, -0.15) is 0 Å². The normalized spacial score (nSPS) is 12.0. The predicted molar refractivity (Wildman–Crippen MR) is 108 cm³/mol. The fourth-order valence-corrected chi connectivity index (χ4v) is 3.19. The Morgan fingerprint density at radius 1 is 1.11 bits per heavy atom. The number of aryl methyl sites for hydroxylation is 2. The van der Waals surface area contributed by atoms with E-state index in [2.05, 4.69) is 46.7 Å². The monoisotopic (exact) mass is 381 g/mol. The molecular formula is C21H23N3O2S. The first-order chi connectivity index (χ1) is 13.0. The number of hydrogen-bond donors (Lipinski definition) is 1. The molecule has 1 atom stereocenters. The molecule has 0 saturated heterocycles. The summed E-state index contributed by atoms with van der Waals surface area (Å²) in [7, 11) is 0. The fourth-order valence-electron chi connectivity index (χ4n) is 2.62. The quantitative estimate of drug-likeness (QED) is 0.607. The largest absolute Gasteiger partial charge is 0.411 e. The van der Waals surface area contributed by atoms with Crippen molar-refractivity contribution in [1.29, 1.82) is 0 Å². The molecule has 5 nitrogen and oxygen atoms in total. The Bertz CT molecular complexity index is 889. The third kappa shape index (κ3) is 5.20. The van der Waals surface area contributed by atoms with E-state index in [1.807, 2.05) is 38.1 Å². The number of benzene rings is 2. The summed E-state index contributed by atoms with van der Waals surface area (Å²) in [6.45, 7) is 6.13. The average Bonchev–Trinajstić information content (AvgIpc) is 3.16.